The predicted molar refractivity (Wildman–Crippen MR) is 88.8 cm³/mol. The highest BCUT2D eigenvalue weighted by Crippen LogP contribution is 2.36. The molecule has 0 saturated heterocycles. The molecule has 2 N–H and O–H groups in total. The van der Waals surface area contributed by atoms with Gasteiger partial charge in [0, 0.05) is 4.47 Å². The van der Waals surface area contributed by atoms with E-state index in [1.54, 1.807) is 0 Å². The first-order chi connectivity index (χ1) is 9.90. The van der Waals surface area contributed by atoms with E-state index in [0.29, 0.717) is 17.6 Å². The fourth-order valence-corrected chi connectivity index (χ4v) is 2.56. The van der Waals surface area contributed by atoms with Crippen LogP contribution >= 0.6 is 15.9 Å². The van der Waals surface area contributed by atoms with Crippen LogP contribution in [-0.4, -0.2) is 9.97 Å². The van der Waals surface area contributed by atoms with E-state index < -0.39 is 0 Å². The first kappa shape index (κ1) is 15.8. The Kier molecular flexibility index (Phi) is 4.83. The maximum atomic E-state index is 6.05. The molecule has 2 rings (SSSR count). The van der Waals surface area contributed by atoms with Crippen molar-refractivity contribution in [1.29, 1.82) is 0 Å². The Hall–Kier alpha value is -1.62. The number of aromatic nitrogens is 2. The lowest BCUT2D eigenvalue weighted by Gasteiger charge is -2.17. The van der Waals surface area contributed by atoms with Crippen LogP contribution in [0.15, 0.2) is 29.0 Å². The lowest BCUT2D eigenvalue weighted by Crippen LogP contribution is -2.05. The molecule has 0 saturated carbocycles. The summed E-state index contributed by atoms with van der Waals surface area (Å²) < 4.78 is 7.08. The van der Waals surface area contributed by atoms with E-state index in [1.807, 2.05) is 26.0 Å². The van der Waals surface area contributed by atoms with Gasteiger partial charge in [0.15, 0.2) is 0 Å². The number of rotatable bonds is 4. The number of nitrogens with zero attached hydrogens (tertiary/aromatic N) is 2. The van der Waals surface area contributed by atoms with Gasteiger partial charge >= 0.3 is 0 Å². The number of hydrogen-bond donors (Lipinski definition) is 1. The van der Waals surface area contributed by atoms with E-state index in [0.717, 1.165) is 21.3 Å². The number of hydrogen-bond acceptors (Lipinski definition) is 4. The third-order valence-corrected chi connectivity index (χ3v) is 3.75. The third kappa shape index (κ3) is 3.53. The molecule has 0 spiro atoms. The normalized spacial score (nSPS) is 11.2. The molecule has 0 aliphatic rings. The highest BCUT2D eigenvalue weighted by atomic mass is 79.9. The predicted octanol–water partition coefficient (Wildman–Crippen LogP) is 4.86. The van der Waals surface area contributed by atoms with Crippen LogP contribution < -0.4 is 10.5 Å². The van der Waals surface area contributed by atoms with Crippen LogP contribution in [0.1, 0.15) is 50.7 Å². The van der Waals surface area contributed by atoms with Gasteiger partial charge in [0.25, 0.3) is 0 Å². The molecule has 0 amide bonds. The lowest BCUT2D eigenvalue weighted by molar-refractivity contribution is 0.444. The number of halogens is 1. The summed E-state index contributed by atoms with van der Waals surface area (Å²) in [6.45, 7) is 8.36. The molecule has 0 bridgehead atoms. The van der Waals surface area contributed by atoms with E-state index in [1.165, 1.54) is 6.33 Å². The molecule has 0 radical (unpaired) electrons. The maximum Gasteiger partial charge on any atom is 0.227 e. The molecular weight excluding hydrogens is 330 g/mol. The Balaban J connectivity index is 2.46. The van der Waals surface area contributed by atoms with Gasteiger partial charge in [0.05, 0.1) is 5.56 Å². The summed E-state index contributed by atoms with van der Waals surface area (Å²) in [7, 11) is 0. The Morgan fingerprint density at radius 3 is 2.43 bits per heavy atom. The Labute approximate surface area is 133 Å². The zero-order chi connectivity index (χ0) is 15.6. The SMILES string of the molecule is CC(C)c1cc(Br)ccc1Oc1ncnc(N)c1C(C)C. The summed E-state index contributed by atoms with van der Waals surface area (Å²) in [6, 6.07) is 5.97. The molecule has 21 heavy (non-hydrogen) atoms. The smallest absolute Gasteiger partial charge is 0.227 e. The largest absolute Gasteiger partial charge is 0.438 e. The van der Waals surface area contributed by atoms with Gasteiger partial charge in [-0.05, 0) is 35.6 Å². The minimum atomic E-state index is 0.194. The van der Waals surface area contributed by atoms with Crippen molar-refractivity contribution in [2.45, 2.75) is 39.5 Å². The first-order valence-electron chi connectivity index (χ1n) is 6.97. The lowest BCUT2D eigenvalue weighted by atomic mass is 10.0. The van der Waals surface area contributed by atoms with Gasteiger partial charge in [-0.1, -0.05) is 43.6 Å². The van der Waals surface area contributed by atoms with Crippen molar-refractivity contribution in [2.75, 3.05) is 5.73 Å². The molecular formula is C16H20BrN3O. The van der Waals surface area contributed by atoms with E-state index in [-0.39, 0.29) is 5.92 Å². The monoisotopic (exact) mass is 349 g/mol. The van der Waals surface area contributed by atoms with Crippen molar-refractivity contribution < 1.29 is 4.74 Å². The van der Waals surface area contributed by atoms with Crippen LogP contribution in [0.3, 0.4) is 0 Å². The van der Waals surface area contributed by atoms with Gasteiger partial charge in [-0.2, -0.15) is 0 Å². The van der Waals surface area contributed by atoms with E-state index >= 15 is 0 Å². The van der Waals surface area contributed by atoms with Crippen LogP contribution in [0.2, 0.25) is 0 Å². The molecule has 0 unspecified atom stereocenters. The molecule has 5 heteroatoms. The van der Waals surface area contributed by atoms with Crippen LogP contribution in [0.25, 0.3) is 0 Å². The molecule has 0 fully saturated rings. The van der Waals surface area contributed by atoms with E-state index in [4.69, 9.17) is 10.5 Å². The van der Waals surface area contributed by atoms with Crippen molar-refractivity contribution in [3.8, 4) is 11.6 Å². The third-order valence-electron chi connectivity index (χ3n) is 3.26. The average molecular weight is 350 g/mol. The van der Waals surface area contributed by atoms with Crippen molar-refractivity contribution >= 4 is 21.7 Å². The minimum Gasteiger partial charge on any atom is -0.438 e. The number of anilines is 1. The van der Waals surface area contributed by atoms with E-state index in [9.17, 15) is 0 Å². The quantitative estimate of drug-likeness (QED) is 0.855. The summed E-state index contributed by atoms with van der Waals surface area (Å²) in [4.78, 5) is 8.31. The molecule has 1 aromatic carbocycles. The number of benzene rings is 1. The Bertz CT molecular complexity index is 641. The van der Waals surface area contributed by atoms with Gasteiger partial charge < -0.3 is 10.5 Å². The summed E-state index contributed by atoms with van der Waals surface area (Å²) in [5.41, 5.74) is 7.92. The fraction of sp³-hybridized carbons (Fsp3) is 0.375. The highest BCUT2D eigenvalue weighted by molar-refractivity contribution is 9.10. The summed E-state index contributed by atoms with van der Waals surface area (Å²) in [5.74, 6) is 2.34. The second kappa shape index (κ2) is 6.43. The van der Waals surface area contributed by atoms with Crippen LogP contribution in [-0.2, 0) is 0 Å². The van der Waals surface area contributed by atoms with Gasteiger partial charge in [-0.3, -0.25) is 0 Å². The zero-order valence-corrected chi connectivity index (χ0v) is 14.3. The molecule has 1 aromatic heterocycles. The van der Waals surface area contributed by atoms with Crippen molar-refractivity contribution in [3.05, 3.63) is 40.1 Å². The second-order valence-corrected chi connectivity index (χ2v) is 6.49. The molecule has 112 valence electrons. The fourth-order valence-electron chi connectivity index (χ4n) is 2.18. The van der Waals surface area contributed by atoms with Crippen LogP contribution in [0.4, 0.5) is 5.82 Å². The second-order valence-electron chi connectivity index (χ2n) is 5.57. The van der Waals surface area contributed by atoms with Gasteiger partial charge in [0.2, 0.25) is 5.88 Å². The van der Waals surface area contributed by atoms with Crippen LogP contribution in [0, 0.1) is 0 Å². The standard InChI is InChI=1S/C16H20BrN3O/c1-9(2)12-7-11(17)5-6-13(12)21-16-14(10(3)4)15(18)19-8-20-16/h5-10H,1-4H3,(H2,18,19,20). The number of nitrogens with two attached hydrogens (primary N) is 1. The van der Waals surface area contributed by atoms with Gasteiger partial charge in [-0.15, -0.1) is 0 Å². The van der Waals surface area contributed by atoms with Gasteiger partial charge in [0.1, 0.15) is 17.9 Å². The molecule has 1 heterocycles. The van der Waals surface area contributed by atoms with Crippen LogP contribution in [0.5, 0.6) is 11.6 Å². The van der Waals surface area contributed by atoms with Crippen molar-refractivity contribution in [2.24, 2.45) is 0 Å². The summed E-state index contributed by atoms with van der Waals surface area (Å²) >= 11 is 3.50. The molecule has 0 aliphatic heterocycles. The first-order valence-corrected chi connectivity index (χ1v) is 7.77. The van der Waals surface area contributed by atoms with Crippen molar-refractivity contribution in [3.63, 3.8) is 0 Å². The van der Waals surface area contributed by atoms with Crippen molar-refractivity contribution in [1.82, 2.24) is 9.97 Å². The molecule has 4 nitrogen and oxygen atoms in total. The summed E-state index contributed by atoms with van der Waals surface area (Å²) in [5, 5.41) is 0. The molecule has 2 aromatic rings. The highest BCUT2D eigenvalue weighted by Gasteiger charge is 2.17. The maximum absolute atomic E-state index is 6.05. The Morgan fingerprint density at radius 1 is 1.10 bits per heavy atom. The topological polar surface area (TPSA) is 61.0 Å². The molecule has 0 atom stereocenters. The zero-order valence-electron chi connectivity index (χ0n) is 12.7. The number of nitrogen functional groups attached to an aromatic ring is 1. The van der Waals surface area contributed by atoms with Gasteiger partial charge in [-0.25, -0.2) is 9.97 Å². The summed E-state index contributed by atoms with van der Waals surface area (Å²) in [6.07, 6.45) is 1.43. The average Bonchev–Trinajstić information content (AvgIpc) is 2.40. The van der Waals surface area contributed by atoms with E-state index in [2.05, 4.69) is 45.8 Å². The number of ether oxygens (including phenoxy) is 1. The molecule has 0 aliphatic carbocycles. The minimum absolute atomic E-state index is 0.194. The Morgan fingerprint density at radius 2 is 1.81 bits per heavy atom.